The van der Waals surface area contributed by atoms with E-state index in [9.17, 15) is 63.8 Å². The first-order valence-electron chi connectivity index (χ1n) is 46.0. The zero-order chi connectivity index (χ0) is 95.0. The van der Waals surface area contributed by atoms with Gasteiger partial charge in [-0.1, -0.05) is 67.2 Å². The molecule has 51 heteroatoms. The minimum absolute atomic E-state index is 0.0144. The van der Waals surface area contributed by atoms with Gasteiger partial charge in [0, 0.05) is 62.4 Å². The van der Waals surface area contributed by atoms with E-state index in [1.807, 2.05) is 20.8 Å². The summed E-state index contributed by atoms with van der Waals surface area (Å²) < 4.78 is 143. The Morgan fingerprint density at radius 3 is 1.04 bits per heavy atom. The van der Waals surface area contributed by atoms with Crippen molar-refractivity contribution in [1.29, 1.82) is 0 Å². The number of amides is 10. The van der Waals surface area contributed by atoms with Crippen LogP contribution in [0.5, 0.6) is 0 Å². The molecule has 16 rings (SSSR count). The molecule has 4 saturated carbocycles. The lowest BCUT2D eigenvalue weighted by Crippen LogP contribution is -2.50. The van der Waals surface area contributed by atoms with Gasteiger partial charge in [0.05, 0.1) is 63.4 Å². The number of nitrogens with zero attached hydrogens (tertiary/aromatic N) is 19. The van der Waals surface area contributed by atoms with E-state index in [1.54, 1.807) is 35.5 Å². The predicted octanol–water partition coefficient (Wildman–Crippen LogP) is 8.53. The summed E-state index contributed by atoms with van der Waals surface area (Å²) in [6.07, 6.45) is 21.6. The highest BCUT2D eigenvalue weighted by atomic mass is 32.3. The predicted molar refractivity (Wildman–Crippen MR) is 457 cm³/mol. The van der Waals surface area contributed by atoms with Crippen LogP contribution in [0.15, 0.2) is 17.7 Å². The van der Waals surface area contributed by atoms with Crippen molar-refractivity contribution in [3.05, 3.63) is 47.1 Å². The molecule has 4 aliphatic carbocycles. The number of carbonyl (C=O) groups is 6. The average molecular weight is 1910 g/mol. The number of rotatable bonds is 34. The number of urea groups is 4. The lowest BCUT2D eigenvalue weighted by Gasteiger charge is -2.41. The number of quaternary nitrogens is 1. The van der Waals surface area contributed by atoms with Crippen molar-refractivity contribution >= 4 is 67.5 Å². The fourth-order valence-electron chi connectivity index (χ4n) is 18.7. The maximum absolute atomic E-state index is 12.8. The van der Waals surface area contributed by atoms with E-state index in [0.29, 0.717) is 145 Å². The minimum atomic E-state index is -5.07. The van der Waals surface area contributed by atoms with E-state index in [4.69, 9.17) is 47.7 Å². The Hall–Kier alpha value is -8.45. The van der Waals surface area contributed by atoms with Gasteiger partial charge in [-0.05, 0) is 182 Å². The maximum atomic E-state index is 12.8. The van der Waals surface area contributed by atoms with Gasteiger partial charge in [0.2, 0.25) is 57.5 Å². The van der Waals surface area contributed by atoms with Crippen LogP contribution >= 0.6 is 0 Å². The Morgan fingerprint density at radius 2 is 0.748 bits per heavy atom. The van der Waals surface area contributed by atoms with Crippen molar-refractivity contribution in [2.75, 3.05) is 52.4 Å². The first kappa shape index (κ1) is 102. The summed E-state index contributed by atoms with van der Waals surface area (Å²) in [5.74, 6) is 3.56. The van der Waals surface area contributed by atoms with Crippen molar-refractivity contribution in [3.63, 3.8) is 0 Å². The summed E-state index contributed by atoms with van der Waals surface area (Å²) >= 11 is 0. The Bertz CT molecular complexity index is 4690. The van der Waals surface area contributed by atoms with E-state index in [1.165, 1.54) is 96.7 Å². The van der Waals surface area contributed by atoms with Crippen LogP contribution in [-0.4, -0.2) is 299 Å². The van der Waals surface area contributed by atoms with Gasteiger partial charge in [0.15, 0.2) is 0 Å². The molecule has 131 heavy (non-hydrogen) atoms. The van der Waals surface area contributed by atoms with Crippen LogP contribution in [0.3, 0.4) is 0 Å². The first-order chi connectivity index (χ1) is 61.8. The zero-order valence-corrected chi connectivity index (χ0v) is 79.3. The number of hydrogen-bond acceptors (Lipinski definition) is 35. The molecule has 12 fully saturated rings. The molecule has 0 radical (unpaired) electrons. The summed E-state index contributed by atoms with van der Waals surface area (Å²) in [6.45, 7) is 32.4. The Morgan fingerprint density at radius 1 is 0.458 bits per heavy atom. The topological polar surface area (TPSA) is 599 Å². The molecule has 0 spiro atoms. The second-order valence-electron chi connectivity index (χ2n) is 38.6. The number of unbranched alkanes of at least 4 members (excludes halogenated alkanes) is 4. The number of ether oxygens (including phenoxy) is 2. The third-order valence-electron chi connectivity index (χ3n) is 25.7. The van der Waals surface area contributed by atoms with Gasteiger partial charge >= 0.3 is 57.1 Å². The van der Waals surface area contributed by atoms with Gasteiger partial charge in [-0.15, -0.1) is 49.4 Å². The number of fused-ring (bicyclic) bond motifs is 8. The van der Waals surface area contributed by atoms with E-state index >= 15 is 0 Å². The highest BCUT2D eigenvalue weighted by Gasteiger charge is 2.54. The Balaban J connectivity index is 0.000000150. The fraction of sp³-hybridized carbons (Fsp3) is 0.825. The standard InChI is InChI=1S/C19H29N5O8S.C19H29N5O5.C16H36N.2C13H20N6O6S/c1-11-7-13(8-11)22(18(26)31-19(2,3)4)10-15-20-21-16(30-15)14-6-5-12-9-23(14)17(25)24(12)32-33(27,28)29;1-11-7-13(8-11)22(18(26)29-19(2,3)4)10-15-20-21-16(28-15)14-6-5-12-9-23(14)17(25)24(12)27;1-5-9-13-17(14-10-6-2,15-11-7-3)16-12-8-4;2*14-7-3-8(4-7)15-5-11-16-17-12(24-11)10-2-1-9-6-18(10)13(20)19(9)25-26(21,22)23/h11-14H,5-10H2,1-4H3,(H,27,28,29);11-14,27H,5-10H2,1-4H3;5-16H2,1-4H3;2*7-10,15H,1-6,14H2,(H,21,22,23)/q;;+1;;/p-1/t2*11?,12-,13?,14+;;2*7?,8?,9-,10+/m11.11/s1. The van der Waals surface area contributed by atoms with E-state index in [2.05, 4.69) is 106 Å². The monoisotopic (exact) mass is 1910 g/mol. The summed E-state index contributed by atoms with van der Waals surface area (Å²) in [7, 11) is -14.6. The molecule has 12 aliphatic rings. The molecule has 48 nitrogen and oxygen atoms in total. The van der Waals surface area contributed by atoms with Crippen molar-refractivity contribution < 1.29 is 117 Å². The Kier molecular flexibility index (Phi) is 33.4. The largest absolute Gasteiger partial charge is 0.724 e. The number of nitrogens with one attached hydrogen (secondary N) is 2. The molecule has 8 bridgehead atoms. The SMILES string of the molecule is CC1CC(N(Cc2nnc([C@@H]3CC[C@@H]4CN3C(=O)N4O)o2)C(=O)OC(C)(C)C)C1.CC1CC(N(Cc2nnc([C@@H]3CC[C@@H]4CN3C(=O)N4OS(=O)(=O)[O-])o2)C(=O)OC(C)(C)C)C1.CCCC[N+](CCCC)(CCCC)CCCC.NC1CC(NCc2nnc([C@@H]3CC[C@@H]4CN3C(=O)N4OS(=O)(=O)O)o2)C1.NC1CC(NCc2nnc([C@@H]3CC[C@@H]4CN3C(=O)N4OS(=O)(=O)O)o2)C1. The van der Waals surface area contributed by atoms with Crippen molar-refractivity contribution in [1.82, 2.24) is 101 Å². The van der Waals surface area contributed by atoms with Crippen molar-refractivity contribution in [2.45, 2.75) is 359 Å². The van der Waals surface area contributed by atoms with Crippen LogP contribution in [0, 0.1) is 11.8 Å². The number of aromatic nitrogens is 8. The number of piperidine rings is 4. The average Bonchev–Trinajstić information content (AvgIpc) is 1.60. The molecular formula is C80H133N23O25S3. The van der Waals surface area contributed by atoms with E-state index in [-0.39, 0.29) is 86.8 Å². The number of nitrogens with two attached hydrogens (primary N) is 2. The quantitative estimate of drug-likeness (QED) is 0.00996. The molecule has 10 amide bonds. The molecule has 8 saturated heterocycles. The van der Waals surface area contributed by atoms with Crippen molar-refractivity contribution in [2.24, 2.45) is 23.3 Å². The van der Waals surface area contributed by atoms with Crippen molar-refractivity contribution in [3.8, 4) is 0 Å². The number of hydroxylamine groups is 8. The molecule has 9 N–H and O–H groups in total. The van der Waals surface area contributed by atoms with Gasteiger partial charge in [-0.3, -0.25) is 24.1 Å². The minimum Gasteiger partial charge on any atom is -0.724 e. The summed E-state index contributed by atoms with van der Waals surface area (Å²) in [4.78, 5) is 84.0. The van der Waals surface area contributed by atoms with Crippen LogP contribution in [0.2, 0.25) is 0 Å². The zero-order valence-electron chi connectivity index (χ0n) is 76.9. The third-order valence-corrected chi connectivity index (χ3v) is 26.8. The van der Waals surface area contributed by atoms with Crippen LogP contribution in [0.25, 0.3) is 0 Å². The van der Waals surface area contributed by atoms with Gasteiger partial charge in [-0.2, -0.15) is 36.3 Å². The molecule has 8 aliphatic heterocycles. The second-order valence-corrected chi connectivity index (χ2v) is 41.6. The third kappa shape index (κ3) is 26.8. The summed E-state index contributed by atoms with van der Waals surface area (Å²) in [5.41, 5.74) is 10.2. The Labute approximate surface area is 764 Å². The molecular weight excluding hydrogens is 1780 g/mol. The fourth-order valence-corrected chi connectivity index (χ4v) is 19.8. The normalized spacial score (nSPS) is 27.4. The van der Waals surface area contributed by atoms with Gasteiger partial charge < -0.3 is 77.9 Å². The summed E-state index contributed by atoms with van der Waals surface area (Å²) in [5, 5.41) is 51.6. The molecule has 0 unspecified atom stereocenters. The van der Waals surface area contributed by atoms with Crippen LogP contribution in [0.1, 0.15) is 308 Å². The molecule has 736 valence electrons. The van der Waals surface area contributed by atoms with Gasteiger partial charge in [-0.25, -0.2) is 42.2 Å². The first-order valence-corrected chi connectivity index (χ1v) is 50.0. The lowest BCUT2D eigenvalue weighted by atomic mass is 9.81. The van der Waals surface area contributed by atoms with E-state index in [0.717, 1.165) is 56.4 Å². The van der Waals surface area contributed by atoms with Crippen LogP contribution in [-0.2, 0) is 79.7 Å². The molecule has 4 aromatic rings. The second kappa shape index (κ2) is 43.1. The maximum Gasteiger partial charge on any atom is 0.418 e. The number of carbonyl (C=O) groups excluding carboxylic acids is 6. The summed E-state index contributed by atoms with van der Waals surface area (Å²) in [6, 6.07) is -4.67. The van der Waals surface area contributed by atoms with Crippen LogP contribution in [0.4, 0.5) is 28.8 Å². The number of hydrogen-bond donors (Lipinski definition) is 7. The highest BCUT2D eigenvalue weighted by Crippen LogP contribution is 2.44. The van der Waals surface area contributed by atoms with Gasteiger partial charge in [0.1, 0.15) is 48.5 Å². The molecule has 4 aromatic heterocycles. The molecule has 0 aromatic carbocycles. The van der Waals surface area contributed by atoms with E-state index < -0.39 is 109 Å². The van der Waals surface area contributed by atoms with Crippen LogP contribution < -0.4 is 22.1 Å². The highest BCUT2D eigenvalue weighted by molar-refractivity contribution is 7.81. The smallest absolute Gasteiger partial charge is 0.418 e. The lowest BCUT2D eigenvalue weighted by molar-refractivity contribution is -0.929. The van der Waals surface area contributed by atoms with Gasteiger partial charge in [0.25, 0.3) is 0 Å². The molecule has 12 heterocycles. The molecule has 8 atom stereocenters.